The molecule has 0 aliphatic rings. The van der Waals surface area contributed by atoms with Crippen molar-refractivity contribution < 1.29 is 17.6 Å². The van der Waals surface area contributed by atoms with Gasteiger partial charge < -0.3 is 10.2 Å². The molecular weight excluding hydrogens is 323 g/mol. The van der Waals surface area contributed by atoms with Crippen LogP contribution in [0, 0.1) is 0 Å². The molecule has 0 amide bonds. The van der Waals surface area contributed by atoms with Crippen molar-refractivity contribution >= 4 is 15.9 Å². The molecule has 1 atom stereocenters. The Kier molecular flexibility index (Phi) is 3.73. The molecule has 19 heavy (non-hydrogen) atoms. The first kappa shape index (κ1) is 14.1. The van der Waals surface area contributed by atoms with Crippen LogP contribution in [0.1, 0.15) is 24.3 Å². The maximum Gasteiger partial charge on any atom is 0.416 e. The summed E-state index contributed by atoms with van der Waals surface area (Å²) in [6, 6.07) is 6.62. The zero-order valence-corrected chi connectivity index (χ0v) is 11.5. The van der Waals surface area contributed by atoms with E-state index in [4.69, 9.17) is 10.2 Å². The Bertz CT molecular complexity index is 590. The third-order valence-corrected chi connectivity index (χ3v) is 3.04. The Balaban J connectivity index is 2.47. The third-order valence-electron chi connectivity index (χ3n) is 2.59. The van der Waals surface area contributed by atoms with Crippen LogP contribution >= 0.6 is 15.9 Å². The maximum absolute atomic E-state index is 12.7. The predicted molar refractivity (Wildman–Crippen MR) is 69.4 cm³/mol. The van der Waals surface area contributed by atoms with Gasteiger partial charge in [-0.2, -0.15) is 13.2 Å². The van der Waals surface area contributed by atoms with Gasteiger partial charge in [0.2, 0.25) is 0 Å². The van der Waals surface area contributed by atoms with Crippen LogP contribution in [0.15, 0.2) is 39.2 Å². The summed E-state index contributed by atoms with van der Waals surface area (Å²) < 4.78 is 44.0. The molecule has 0 fully saturated rings. The quantitative estimate of drug-likeness (QED) is 0.861. The van der Waals surface area contributed by atoms with Gasteiger partial charge in [-0.3, -0.25) is 0 Å². The van der Waals surface area contributed by atoms with Crippen LogP contribution in [0.4, 0.5) is 13.2 Å². The summed E-state index contributed by atoms with van der Waals surface area (Å²) in [5, 5.41) is 0. The SMILES string of the molecule is CC(N)c1ccc(-c2cc(Br)cc(C(F)(F)F)c2)o1. The number of benzene rings is 1. The lowest BCUT2D eigenvalue weighted by molar-refractivity contribution is -0.137. The second-order valence-electron chi connectivity index (χ2n) is 4.22. The van der Waals surface area contributed by atoms with E-state index in [9.17, 15) is 13.2 Å². The Morgan fingerprint density at radius 1 is 1.21 bits per heavy atom. The molecule has 2 rings (SSSR count). The van der Waals surface area contributed by atoms with Crippen molar-refractivity contribution in [3.8, 4) is 11.3 Å². The van der Waals surface area contributed by atoms with Crippen molar-refractivity contribution in [1.82, 2.24) is 0 Å². The molecule has 102 valence electrons. The summed E-state index contributed by atoms with van der Waals surface area (Å²) in [5.41, 5.74) is 5.28. The Morgan fingerprint density at radius 3 is 2.42 bits per heavy atom. The fourth-order valence-electron chi connectivity index (χ4n) is 1.65. The highest BCUT2D eigenvalue weighted by atomic mass is 79.9. The minimum atomic E-state index is -4.39. The van der Waals surface area contributed by atoms with Crippen LogP contribution in [0.25, 0.3) is 11.3 Å². The predicted octanol–water partition coefficient (Wildman–Crippen LogP) is 4.75. The minimum Gasteiger partial charge on any atom is -0.459 e. The van der Waals surface area contributed by atoms with Crippen molar-refractivity contribution in [2.24, 2.45) is 5.73 Å². The van der Waals surface area contributed by atoms with Gasteiger partial charge in [0.05, 0.1) is 11.6 Å². The topological polar surface area (TPSA) is 39.2 Å². The highest BCUT2D eigenvalue weighted by Crippen LogP contribution is 2.35. The van der Waals surface area contributed by atoms with Crippen molar-refractivity contribution in [2.75, 3.05) is 0 Å². The first-order valence-corrected chi connectivity index (χ1v) is 6.30. The van der Waals surface area contributed by atoms with E-state index in [1.54, 1.807) is 25.1 Å². The average molecular weight is 334 g/mol. The van der Waals surface area contributed by atoms with E-state index >= 15 is 0 Å². The molecule has 0 radical (unpaired) electrons. The first-order valence-electron chi connectivity index (χ1n) is 5.51. The number of alkyl halides is 3. The zero-order valence-electron chi connectivity index (χ0n) is 9.96. The minimum absolute atomic E-state index is 0.303. The molecule has 0 spiro atoms. The molecule has 1 aromatic carbocycles. The normalized spacial score (nSPS) is 13.6. The zero-order chi connectivity index (χ0) is 14.2. The lowest BCUT2D eigenvalue weighted by atomic mass is 10.1. The molecular formula is C13H11BrF3NO. The number of halogens is 4. The van der Waals surface area contributed by atoms with E-state index in [1.807, 2.05) is 0 Å². The summed E-state index contributed by atoms with van der Waals surface area (Å²) in [6.07, 6.45) is -4.39. The van der Waals surface area contributed by atoms with Crippen molar-refractivity contribution in [1.29, 1.82) is 0 Å². The fraction of sp³-hybridized carbons (Fsp3) is 0.231. The number of furan rings is 1. The average Bonchev–Trinajstić information content (AvgIpc) is 2.76. The number of hydrogen-bond donors (Lipinski definition) is 1. The number of rotatable bonds is 2. The fourth-order valence-corrected chi connectivity index (χ4v) is 2.14. The molecule has 1 heterocycles. The van der Waals surface area contributed by atoms with E-state index < -0.39 is 11.7 Å². The van der Waals surface area contributed by atoms with Crippen molar-refractivity contribution in [3.05, 3.63) is 46.1 Å². The lowest BCUT2D eigenvalue weighted by Gasteiger charge is -2.09. The van der Waals surface area contributed by atoms with E-state index in [2.05, 4.69) is 15.9 Å². The second-order valence-corrected chi connectivity index (χ2v) is 5.13. The summed E-state index contributed by atoms with van der Waals surface area (Å²) in [6.45, 7) is 1.74. The summed E-state index contributed by atoms with van der Waals surface area (Å²) in [5.74, 6) is 0.891. The first-order chi connectivity index (χ1) is 8.77. The molecule has 0 aliphatic carbocycles. The Hall–Kier alpha value is -1.27. The van der Waals surface area contributed by atoms with E-state index in [0.717, 1.165) is 12.1 Å². The highest BCUT2D eigenvalue weighted by Gasteiger charge is 2.31. The van der Waals surface area contributed by atoms with Crippen LogP contribution in [0.3, 0.4) is 0 Å². The number of hydrogen-bond acceptors (Lipinski definition) is 2. The Morgan fingerprint density at radius 2 is 1.89 bits per heavy atom. The van der Waals surface area contributed by atoms with Gasteiger partial charge in [-0.15, -0.1) is 0 Å². The van der Waals surface area contributed by atoms with E-state index in [1.165, 1.54) is 0 Å². The van der Waals surface area contributed by atoms with Crippen LogP contribution in [-0.2, 0) is 6.18 Å². The third kappa shape index (κ3) is 3.19. The Labute approximate surface area is 116 Å². The molecule has 1 aromatic heterocycles. The van der Waals surface area contributed by atoms with Gasteiger partial charge in [0.1, 0.15) is 11.5 Å². The van der Waals surface area contributed by atoms with Crippen LogP contribution in [-0.4, -0.2) is 0 Å². The maximum atomic E-state index is 12.7. The smallest absolute Gasteiger partial charge is 0.416 e. The molecule has 0 aliphatic heterocycles. The molecule has 6 heteroatoms. The molecule has 0 saturated carbocycles. The van der Waals surface area contributed by atoms with Gasteiger partial charge in [-0.05, 0) is 37.3 Å². The molecule has 1 unspecified atom stereocenters. The molecule has 2 N–H and O–H groups in total. The molecule has 0 bridgehead atoms. The molecule has 2 aromatic rings. The van der Waals surface area contributed by atoms with Crippen molar-refractivity contribution in [2.45, 2.75) is 19.1 Å². The largest absolute Gasteiger partial charge is 0.459 e. The van der Waals surface area contributed by atoms with Gasteiger partial charge in [0.15, 0.2) is 0 Å². The van der Waals surface area contributed by atoms with Gasteiger partial charge in [-0.25, -0.2) is 0 Å². The van der Waals surface area contributed by atoms with Gasteiger partial charge in [-0.1, -0.05) is 15.9 Å². The molecule has 2 nitrogen and oxygen atoms in total. The van der Waals surface area contributed by atoms with Crippen LogP contribution in [0.2, 0.25) is 0 Å². The van der Waals surface area contributed by atoms with E-state index in [-0.39, 0.29) is 6.04 Å². The van der Waals surface area contributed by atoms with Crippen LogP contribution < -0.4 is 5.73 Å². The van der Waals surface area contributed by atoms with E-state index in [0.29, 0.717) is 21.6 Å². The summed E-state index contributed by atoms with van der Waals surface area (Å²) in [4.78, 5) is 0. The highest BCUT2D eigenvalue weighted by molar-refractivity contribution is 9.10. The lowest BCUT2D eigenvalue weighted by Crippen LogP contribution is -2.05. The standard InChI is InChI=1S/C13H11BrF3NO/c1-7(18)11-2-3-12(19-11)8-4-9(13(15,16)17)6-10(14)5-8/h2-7H,18H2,1H3. The summed E-state index contributed by atoms with van der Waals surface area (Å²) >= 11 is 3.07. The number of nitrogens with two attached hydrogens (primary N) is 1. The summed E-state index contributed by atoms with van der Waals surface area (Å²) in [7, 11) is 0. The van der Waals surface area contributed by atoms with Gasteiger partial charge >= 0.3 is 6.18 Å². The monoisotopic (exact) mass is 333 g/mol. The van der Waals surface area contributed by atoms with Crippen LogP contribution in [0.5, 0.6) is 0 Å². The van der Waals surface area contributed by atoms with Gasteiger partial charge in [0.25, 0.3) is 0 Å². The van der Waals surface area contributed by atoms with Gasteiger partial charge in [0, 0.05) is 10.0 Å². The molecule has 0 saturated heterocycles. The van der Waals surface area contributed by atoms with Crippen molar-refractivity contribution in [3.63, 3.8) is 0 Å². The second kappa shape index (κ2) is 5.02.